The highest BCUT2D eigenvalue weighted by molar-refractivity contribution is 5.98. The molecule has 0 aliphatic heterocycles. The van der Waals surface area contributed by atoms with Gasteiger partial charge >= 0.3 is 6.18 Å². The average molecular weight is 380 g/mol. The molecule has 1 saturated carbocycles. The van der Waals surface area contributed by atoms with Gasteiger partial charge in [-0.05, 0) is 53.7 Å². The Kier molecular flexibility index (Phi) is 6.18. The average Bonchev–Trinajstić information content (AvgIpc) is 3.03. The van der Waals surface area contributed by atoms with Crippen LogP contribution in [0.25, 0.3) is 11.1 Å². The fourth-order valence-corrected chi connectivity index (χ4v) is 4.19. The number of allylic oxidation sites excluding steroid dienone is 4. The number of benzene rings is 1. The maximum atomic E-state index is 13.5. The van der Waals surface area contributed by atoms with Crippen molar-refractivity contribution in [3.05, 3.63) is 35.4 Å². The van der Waals surface area contributed by atoms with Gasteiger partial charge < -0.3 is 9.47 Å². The van der Waals surface area contributed by atoms with Gasteiger partial charge in [0, 0.05) is 0 Å². The van der Waals surface area contributed by atoms with Gasteiger partial charge in [0.1, 0.15) is 0 Å². The zero-order valence-corrected chi connectivity index (χ0v) is 16.0. The fraction of sp³-hybridized carbons (Fsp3) is 0.545. The van der Waals surface area contributed by atoms with Gasteiger partial charge in [-0.15, -0.1) is 0 Å². The lowest BCUT2D eigenvalue weighted by Crippen LogP contribution is -2.09. The molecule has 0 unspecified atom stereocenters. The van der Waals surface area contributed by atoms with E-state index < -0.39 is 11.7 Å². The molecule has 1 aromatic rings. The van der Waals surface area contributed by atoms with Crippen molar-refractivity contribution in [2.45, 2.75) is 57.5 Å². The van der Waals surface area contributed by atoms with Gasteiger partial charge in [-0.1, -0.05) is 44.6 Å². The summed E-state index contributed by atoms with van der Waals surface area (Å²) in [5, 5.41) is 0. The van der Waals surface area contributed by atoms with Gasteiger partial charge in [-0.3, -0.25) is 0 Å². The molecule has 2 aliphatic carbocycles. The molecular formula is C22H27F3O2. The van der Waals surface area contributed by atoms with Crippen molar-refractivity contribution in [2.24, 2.45) is 5.92 Å². The molecule has 0 bridgehead atoms. The van der Waals surface area contributed by atoms with E-state index in [-0.39, 0.29) is 5.56 Å². The van der Waals surface area contributed by atoms with Crippen molar-refractivity contribution >= 4 is 11.1 Å². The molecule has 148 valence electrons. The van der Waals surface area contributed by atoms with Crippen LogP contribution in [-0.4, -0.2) is 20.4 Å². The molecule has 0 atom stereocenters. The lowest BCUT2D eigenvalue weighted by Gasteiger charge is -2.20. The van der Waals surface area contributed by atoms with Gasteiger partial charge in [0.25, 0.3) is 0 Å². The van der Waals surface area contributed by atoms with Crippen LogP contribution in [0.3, 0.4) is 0 Å². The molecule has 0 amide bonds. The van der Waals surface area contributed by atoms with Gasteiger partial charge in [0.05, 0.1) is 19.8 Å². The summed E-state index contributed by atoms with van der Waals surface area (Å²) in [6.07, 6.45) is 8.35. The van der Waals surface area contributed by atoms with Crippen molar-refractivity contribution in [3.63, 3.8) is 0 Å². The van der Waals surface area contributed by atoms with Crippen LogP contribution in [0.5, 0.6) is 11.5 Å². The van der Waals surface area contributed by atoms with Gasteiger partial charge in [-0.25, -0.2) is 0 Å². The molecule has 0 heterocycles. The van der Waals surface area contributed by atoms with Gasteiger partial charge in [-0.2, -0.15) is 13.2 Å². The van der Waals surface area contributed by atoms with Crippen molar-refractivity contribution in [3.8, 4) is 11.5 Å². The normalized spacial score (nSPS) is 19.1. The molecule has 5 heteroatoms. The maximum absolute atomic E-state index is 13.5. The smallest absolute Gasteiger partial charge is 0.417 e. The van der Waals surface area contributed by atoms with Crippen molar-refractivity contribution in [1.82, 2.24) is 0 Å². The van der Waals surface area contributed by atoms with Crippen molar-refractivity contribution in [2.75, 3.05) is 14.2 Å². The molecule has 27 heavy (non-hydrogen) atoms. The van der Waals surface area contributed by atoms with E-state index in [2.05, 4.69) is 0 Å². The third-order valence-corrected chi connectivity index (χ3v) is 5.64. The monoisotopic (exact) mass is 380 g/mol. The SMILES string of the molecule is COc1cc2c(cc1OC)/C(=C/CCCC1CCCCC1)C=C2C(F)(F)F. The number of hydrogen-bond acceptors (Lipinski definition) is 2. The highest BCUT2D eigenvalue weighted by Gasteiger charge is 2.39. The molecule has 0 aromatic heterocycles. The standard InChI is InChI=1S/C22H27F3O2/c1-26-20-13-17-16(11-7-6-10-15-8-4-3-5-9-15)12-19(22(23,24)25)18(17)14-21(20)27-2/h11-15H,3-10H2,1-2H3/b16-11+. The number of fused-ring (bicyclic) bond motifs is 1. The van der Waals surface area contributed by atoms with E-state index in [1.807, 2.05) is 6.08 Å². The van der Waals surface area contributed by atoms with Crippen molar-refractivity contribution in [1.29, 1.82) is 0 Å². The number of rotatable bonds is 6. The van der Waals surface area contributed by atoms with E-state index in [1.54, 1.807) is 6.07 Å². The molecule has 1 aromatic carbocycles. The minimum Gasteiger partial charge on any atom is -0.493 e. The van der Waals surface area contributed by atoms with Crippen LogP contribution in [0.4, 0.5) is 13.2 Å². The quantitative estimate of drug-likeness (QED) is 0.506. The molecule has 2 aliphatic rings. The molecule has 3 rings (SSSR count). The summed E-state index contributed by atoms with van der Waals surface area (Å²) in [7, 11) is 2.92. The minimum absolute atomic E-state index is 0.165. The Bertz CT molecular complexity index is 726. The third kappa shape index (κ3) is 4.50. The van der Waals surface area contributed by atoms with E-state index in [9.17, 15) is 13.2 Å². The lowest BCUT2D eigenvalue weighted by atomic mass is 9.86. The summed E-state index contributed by atoms with van der Waals surface area (Å²) in [6, 6.07) is 3.08. The summed E-state index contributed by atoms with van der Waals surface area (Å²) in [5.41, 5.74) is 0.746. The molecule has 0 spiro atoms. The Morgan fingerprint density at radius 3 is 2.22 bits per heavy atom. The first kappa shape index (κ1) is 19.8. The summed E-state index contributed by atoms with van der Waals surface area (Å²) in [5.74, 6) is 1.55. The highest BCUT2D eigenvalue weighted by atomic mass is 19.4. The molecule has 2 nitrogen and oxygen atoms in total. The molecule has 0 N–H and O–H groups in total. The van der Waals surface area contributed by atoms with Crippen LogP contribution in [0, 0.1) is 5.92 Å². The molecule has 1 fully saturated rings. The van der Waals surface area contributed by atoms with Crippen LogP contribution in [0.2, 0.25) is 0 Å². The maximum Gasteiger partial charge on any atom is 0.417 e. The number of halogens is 3. The predicted molar refractivity (Wildman–Crippen MR) is 102 cm³/mol. The van der Waals surface area contributed by atoms with E-state index >= 15 is 0 Å². The molecular weight excluding hydrogens is 353 g/mol. The highest BCUT2D eigenvalue weighted by Crippen LogP contribution is 2.48. The van der Waals surface area contributed by atoms with E-state index in [1.165, 1.54) is 64.9 Å². The second kappa shape index (κ2) is 8.41. The van der Waals surface area contributed by atoms with E-state index in [4.69, 9.17) is 9.47 Å². The summed E-state index contributed by atoms with van der Waals surface area (Å²) < 4.78 is 50.9. The summed E-state index contributed by atoms with van der Waals surface area (Å²) in [6.45, 7) is 0. The summed E-state index contributed by atoms with van der Waals surface area (Å²) in [4.78, 5) is 0. The van der Waals surface area contributed by atoms with Crippen LogP contribution >= 0.6 is 0 Å². The Balaban J connectivity index is 1.80. The number of unbranched alkanes of at least 4 members (excludes halogenated alkanes) is 1. The second-order valence-electron chi connectivity index (χ2n) is 7.40. The van der Waals surface area contributed by atoms with E-state index in [0.717, 1.165) is 18.8 Å². The third-order valence-electron chi connectivity index (χ3n) is 5.64. The van der Waals surface area contributed by atoms with Crippen LogP contribution in [0.1, 0.15) is 62.5 Å². The summed E-state index contributed by atoms with van der Waals surface area (Å²) >= 11 is 0. The lowest BCUT2D eigenvalue weighted by molar-refractivity contribution is -0.0687. The first-order chi connectivity index (χ1) is 12.9. The number of methoxy groups -OCH3 is 2. The number of hydrogen-bond donors (Lipinski definition) is 0. The van der Waals surface area contributed by atoms with Gasteiger partial charge in [0.15, 0.2) is 11.5 Å². The topological polar surface area (TPSA) is 18.5 Å². The second-order valence-corrected chi connectivity index (χ2v) is 7.40. The van der Waals surface area contributed by atoms with Crippen LogP contribution in [-0.2, 0) is 0 Å². The van der Waals surface area contributed by atoms with Gasteiger partial charge in [0.2, 0.25) is 0 Å². The Hall–Kier alpha value is -1.91. The van der Waals surface area contributed by atoms with Crippen LogP contribution < -0.4 is 9.47 Å². The first-order valence-electron chi connectivity index (χ1n) is 9.70. The zero-order valence-electron chi connectivity index (χ0n) is 16.0. The van der Waals surface area contributed by atoms with Crippen molar-refractivity contribution < 1.29 is 22.6 Å². The Morgan fingerprint density at radius 1 is 1.00 bits per heavy atom. The fourth-order valence-electron chi connectivity index (χ4n) is 4.19. The van der Waals surface area contributed by atoms with E-state index in [0.29, 0.717) is 22.6 Å². The Morgan fingerprint density at radius 2 is 1.63 bits per heavy atom. The number of alkyl halides is 3. The predicted octanol–water partition coefficient (Wildman–Crippen LogP) is 6.80. The Labute approximate surface area is 159 Å². The first-order valence-corrected chi connectivity index (χ1v) is 9.70. The number of ether oxygens (including phenoxy) is 2. The van der Waals surface area contributed by atoms with Crippen LogP contribution in [0.15, 0.2) is 24.3 Å². The molecule has 0 radical (unpaired) electrons. The molecule has 0 saturated heterocycles. The zero-order chi connectivity index (χ0) is 19.4. The minimum atomic E-state index is -4.40. The largest absolute Gasteiger partial charge is 0.493 e.